The summed E-state index contributed by atoms with van der Waals surface area (Å²) < 4.78 is 5.13. The Kier molecular flexibility index (Phi) is 5.02. The largest absolute Gasteiger partial charge is 0.460 e. The van der Waals surface area contributed by atoms with E-state index < -0.39 is 10.9 Å². The molecule has 0 N–H and O–H groups in total. The van der Waals surface area contributed by atoms with Crippen LogP contribution in [0.4, 0.5) is 5.69 Å². The first kappa shape index (κ1) is 16.3. The molecular weight excluding hydrogens is 350 g/mol. The van der Waals surface area contributed by atoms with Crippen molar-refractivity contribution in [2.24, 2.45) is 0 Å². The molecule has 9 heteroatoms. The van der Waals surface area contributed by atoms with E-state index >= 15 is 0 Å². The molecule has 0 aliphatic rings. The van der Waals surface area contributed by atoms with Crippen molar-refractivity contribution < 1.29 is 14.5 Å². The Bertz CT molecular complexity index is 897. The van der Waals surface area contributed by atoms with Gasteiger partial charge in [-0.2, -0.15) is 0 Å². The molecule has 24 heavy (non-hydrogen) atoms. The van der Waals surface area contributed by atoms with Crippen LogP contribution in [0.5, 0.6) is 0 Å². The summed E-state index contributed by atoms with van der Waals surface area (Å²) in [4.78, 5) is 31.5. The number of thiophene rings is 1. The number of nitro benzene ring substituents is 1. The third-order valence-electron chi connectivity index (χ3n) is 3.13. The Morgan fingerprint density at radius 2 is 2.12 bits per heavy atom. The quantitative estimate of drug-likeness (QED) is 0.218. The number of para-hydroxylation sites is 1. The lowest BCUT2D eigenvalue weighted by Gasteiger charge is -2.05. The first-order chi connectivity index (χ1) is 11.6. The van der Waals surface area contributed by atoms with E-state index in [1.165, 1.54) is 35.5 Å². The van der Waals surface area contributed by atoms with E-state index in [9.17, 15) is 14.9 Å². The summed E-state index contributed by atoms with van der Waals surface area (Å²) in [5.41, 5.74) is 0.303. The lowest BCUT2D eigenvalue weighted by Crippen LogP contribution is -2.08. The second kappa shape index (κ2) is 7.37. The van der Waals surface area contributed by atoms with Gasteiger partial charge in [0.25, 0.3) is 5.69 Å². The summed E-state index contributed by atoms with van der Waals surface area (Å²) in [5, 5.41) is 14.5. The summed E-state index contributed by atoms with van der Waals surface area (Å²) in [6.07, 6.45) is 1.46. The summed E-state index contributed by atoms with van der Waals surface area (Å²) in [5.74, 6) is -0.386. The van der Waals surface area contributed by atoms with Crippen LogP contribution in [0.25, 0.3) is 10.2 Å². The van der Waals surface area contributed by atoms with Gasteiger partial charge in [-0.1, -0.05) is 23.9 Å². The van der Waals surface area contributed by atoms with E-state index in [0.717, 1.165) is 10.2 Å². The minimum absolute atomic E-state index is 0.0614. The molecule has 7 nitrogen and oxygen atoms in total. The summed E-state index contributed by atoms with van der Waals surface area (Å²) in [6.45, 7) is -0.131. The molecule has 0 atom stereocenters. The normalized spacial score (nSPS) is 10.7. The second-order valence-electron chi connectivity index (χ2n) is 4.65. The van der Waals surface area contributed by atoms with Crippen molar-refractivity contribution in [1.82, 2.24) is 9.97 Å². The Morgan fingerprint density at radius 3 is 2.96 bits per heavy atom. The van der Waals surface area contributed by atoms with Crippen molar-refractivity contribution in [3.8, 4) is 0 Å². The predicted octanol–water partition coefficient (Wildman–Crippen LogP) is 3.44. The number of hydrogen-bond donors (Lipinski definition) is 0. The SMILES string of the molecule is O=C(CSc1ncnc2sccc12)OCc1ccccc1[N+](=O)[O-]. The van der Waals surface area contributed by atoms with Gasteiger partial charge < -0.3 is 4.74 Å². The van der Waals surface area contributed by atoms with Crippen molar-refractivity contribution >= 4 is 45.0 Å². The number of nitro groups is 1. The minimum Gasteiger partial charge on any atom is -0.460 e. The second-order valence-corrected chi connectivity index (χ2v) is 6.51. The molecule has 0 spiro atoms. The van der Waals surface area contributed by atoms with Gasteiger partial charge in [-0.3, -0.25) is 14.9 Å². The van der Waals surface area contributed by atoms with Crippen LogP contribution in [-0.4, -0.2) is 26.6 Å². The average molecular weight is 361 g/mol. The highest BCUT2D eigenvalue weighted by Crippen LogP contribution is 2.27. The van der Waals surface area contributed by atoms with Gasteiger partial charge in [0.15, 0.2) is 0 Å². The first-order valence-electron chi connectivity index (χ1n) is 6.84. The van der Waals surface area contributed by atoms with Gasteiger partial charge in [0.2, 0.25) is 0 Å². The zero-order valence-corrected chi connectivity index (χ0v) is 13.9. The summed E-state index contributed by atoms with van der Waals surface area (Å²) in [7, 11) is 0. The zero-order chi connectivity index (χ0) is 16.9. The van der Waals surface area contributed by atoms with Crippen molar-refractivity contribution in [2.75, 3.05) is 5.75 Å². The van der Waals surface area contributed by atoms with Crippen LogP contribution in [0, 0.1) is 10.1 Å². The number of carbonyl (C=O) groups is 1. The molecule has 0 bridgehead atoms. The van der Waals surface area contributed by atoms with Crippen LogP contribution in [0.1, 0.15) is 5.56 Å². The van der Waals surface area contributed by atoms with E-state index in [-0.39, 0.29) is 18.0 Å². The topological polar surface area (TPSA) is 95.2 Å². The number of nitrogens with zero attached hydrogens (tertiary/aromatic N) is 3. The van der Waals surface area contributed by atoms with Crippen molar-refractivity contribution in [2.45, 2.75) is 11.6 Å². The molecule has 2 aromatic heterocycles. The standard InChI is InChI=1S/C15H11N3O4S2/c19-13(22-7-10-3-1-2-4-12(10)18(20)21)8-24-15-11-5-6-23-14(11)16-9-17-15/h1-6,9H,7-8H2. The van der Waals surface area contributed by atoms with Gasteiger partial charge >= 0.3 is 5.97 Å². The molecule has 0 aliphatic heterocycles. The maximum Gasteiger partial charge on any atom is 0.316 e. The maximum atomic E-state index is 11.9. The van der Waals surface area contributed by atoms with Crippen LogP contribution < -0.4 is 0 Å². The maximum absolute atomic E-state index is 11.9. The molecule has 3 aromatic rings. The third kappa shape index (κ3) is 3.69. The molecule has 0 aliphatic carbocycles. The van der Waals surface area contributed by atoms with E-state index in [2.05, 4.69) is 9.97 Å². The third-order valence-corrected chi connectivity index (χ3v) is 4.93. The Morgan fingerprint density at radius 1 is 1.29 bits per heavy atom. The molecule has 1 aromatic carbocycles. The van der Waals surface area contributed by atoms with Gasteiger partial charge in [-0.05, 0) is 17.5 Å². The Hall–Kier alpha value is -2.52. The molecule has 0 radical (unpaired) electrons. The molecule has 0 unspecified atom stereocenters. The lowest BCUT2D eigenvalue weighted by atomic mass is 10.2. The Balaban J connectivity index is 1.59. The molecule has 2 heterocycles. The molecular formula is C15H11N3O4S2. The number of aromatic nitrogens is 2. The Labute approximate surface area is 144 Å². The molecule has 0 saturated carbocycles. The number of esters is 1. The van der Waals surface area contributed by atoms with Crippen LogP contribution in [0.15, 0.2) is 47.1 Å². The van der Waals surface area contributed by atoms with E-state index in [1.54, 1.807) is 18.2 Å². The molecule has 0 fully saturated rings. The van der Waals surface area contributed by atoms with Crippen molar-refractivity contribution in [1.29, 1.82) is 0 Å². The van der Waals surface area contributed by atoms with Gasteiger partial charge in [0, 0.05) is 11.5 Å². The molecule has 0 amide bonds. The van der Waals surface area contributed by atoms with Crippen LogP contribution in [0.3, 0.4) is 0 Å². The van der Waals surface area contributed by atoms with Crippen LogP contribution in [-0.2, 0) is 16.1 Å². The van der Waals surface area contributed by atoms with E-state index in [1.807, 2.05) is 11.4 Å². The smallest absolute Gasteiger partial charge is 0.316 e. The van der Waals surface area contributed by atoms with Crippen LogP contribution >= 0.6 is 23.1 Å². The zero-order valence-electron chi connectivity index (χ0n) is 12.2. The minimum atomic E-state index is -0.494. The lowest BCUT2D eigenvalue weighted by molar-refractivity contribution is -0.385. The monoisotopic (exact) mass is 361 g/mol. The fourth-order valence-electron chi connectivity index (χ4n) is 2.02. The van der Waals surface area contributed by atoms with Gasteiger partial charge in [-0.25, -0.2) is 9.97 Å². The number of carbonyl (C=O) groups excluding carboxylic acids is 1. The average Bonchev–Trinajstić information content (AvgIpc) is 3.07. The van der Waals surface area contributed by atoms with E-state index in [4.69, 9.17) is 4.74 Å². The molecule has 3 rings (SSSR count). The van der Waals surface area contributed by atoms with Gasteiger partial charge in [0.05, 0.1) is 16.2 Å². The fourth-order valence-corrected chi connectivity index (χ4v) is 3.60. The highest BCUT2D eigenvalue weighted by molar-refractivity contribution is 8.00. The fraction of sp³-hybridized carbons (Fsp3) is 0.133. The van der Waals surface area contributed by atoms with Crippen molar-refractivity contribution in [3.05, 3.63) is 57.7 Å². The highest BCUT2D eigenvalue weighted by Gasteiger charge is 2.15. The number of ether oxygens (including phenoxy) is 1. The molecule has 122 valence electrons. The number of hydrogen-bond acceptors (Lipinski definition) is 8. The van der Waals surface area contributed by atoms with Crippen molar-refractivity contribution in [3.63, 3.8) is 0 Å². The first-order valence-corrected chi connectivity index (χ1v) is 8.70. The van der Waals surface area contributed by atoms with Gasteiger partial charge in [-0.15, -0.1) is 11.3 Å². The summed E-state index contributed by atoms with van der Waals surface area (Å²) >= 11 is 2.76. The number of benzene rings is 1. The number of thioether (sulfide) groups is 1. The van der Waals surface area contributed by atoms with Gasteiger partial charge in [0.1, 0.15) is 22.8 Å². The molecule has 0 saturated heterocycles. The highest BCUT2D eigenvalue weighted by atomic mass is 32.2. The summed E-state index contributed by atoms with van der Waals surface area (Å²) in [6, 6.07) is 8.09. The van der Waals surface area contributed by atoms with Crippen LogP contribution in [0.2, 0.25) is 0 Å². The number of fused-ring (bicyclic) bond motifs is 1. The number of rotatable bonds is 6. The predicted molar refractivity (Wildman–Crippen MR) is 91.0 cm³/mol. The van der Waals surface area contributed by atoms with E-state index in [0.29, 0.717) is 10.6 Å².